The number of aryl methyl sites for hydroxylation is 2. The molecule has 0 radical (unpaired) electrons. The number of nitrogens with zero attached hydrogens (tertiary/aromatic N) is 1. The quantitative estimate of drug-likeness (QED) is 0.864. The molecule has 0 aromatic heterocycles. The van der Waals surface area contributed by atoms with Crippen LogP contribution >= 0.6 is 0 Å². The molecule has 2 aromatic rings. The second-order valence-electron chi connectivity index (χ2n) is 6.63. The number of benzene rings is 2. The normalized spacial score (nSPS) is 17.8. The van der Waals surface area contributed by atoms with E-state index in [1.807, 2.05) is 13.0 Å². The van der Waals surface area contributed by atoms with Gasteiger partial charge in [0.2, 0.25) is 20.0 Å². The number of anilines is 1. The first-order valence-electron chi connectivity index (χ1n) is 8.26. The van der Waals surface area contributed by atoms with Crippen LogP contribution < -0.4 is 9.03 Å². The summed E-state index contributed by atoms with van der Waals surface area (Å²) in [6.07, 6.45) is 1.53. The van der Waals surface area contributed by atoms with Gasteiger partial charge >= 0.3 is 0 Å². The highest BCUT2D eigenvalue weighted by atomic mass is 32.2. The van der Waals surface area contributed by atoms with Crippen molar-refractivity contribution in [1.29, 1.82) is 0 Å². The van der Waals surface area contributed by atoms with Gasteiger partial charge in [0.25, 0.3) is 0 Å². The lowest BCUT2D eigenvalue weighted by atomic mass is 9.99. The molecule has 0 aliphatic carbocycles. The van der Waals surface area contributed by atoms with Crippen molar-refractivity contribution >= 4 is 25.7 Å². The van der Waals surface area contributed by atoms with Crippen LogP contribution in [-0.4, -0.2) is 29.6 Å². The molecule has 1 atom stereocenters. The first-order valence-corrected chi connectivity index (χ1v) is 11.6. The Morgan fingerprint density at radius 1 is 1.04 bits per heavy atom. The van der Waals surface area contributed by atoms with Crippen molar-refractivity contribution in [3.8, 4) is 0 Å². The first kappa shape index (κ1) is 18.9. The van der Waals surface area contributed by atoms with Crippen LogP contribution in [-0.2, 0) is 20.0 Å². The number of nitrogens with one attached hydrogen (secondary N) is 1. The molecule has 0 spiro atoms. The Morgan fingerprint density at radius 2 is 1.73 bits per heavy atom. The number of para-hydroxylation sites is 1. The van der Waals surface area contributed by atoms with Gasteiger partial charge in [-0.2, -0.15) is 0 Å². The summed E-state index contributed by atoms with van der Waals surface area (Å²) < 4.78 is 54.0. The van der Waals surface area contributed by atoms with Gasteiger partial charge in [-0.3, -0.25) is 4.31 Å². The van der Waals surface area contributed by atoms with Crippen LogP contribution in [0.1, 0.15) is 29.2 Å². The van der Waals surface area contributed by atoms with E-state index in [1.54, 1.807) is 43.3 Å². The Bertz CT molecular complexity index is 1050. The van der Waals surface area contributed by atoms with Gasteiger partial charge < -0.3 is 0 Å². The minimum Gasteiger partial charge on any atom is -0.270 e. The maximum Gasteiger partial charge on any atom is 0.241 e. The van der Waals surface area contributed by atoms with E-state index in [1.165, 1.54) is 4.31 Å². The summed E-state index contributed by atoms with van der Waals surface area (Å²) in [7, 11) is -7.14. The topological polar surface area (TPSA) is 83.6 Å². The molecule has 2 aromatic carbocycles. The molecule has 0 bridgehead atoms. The average molecular weight is 395 g/mol. The van der Waals surface area contributed by atoms with E-state index in [0.29, 0.717) is 23.2 Å². The lowest BCUT2D eigenvalue weighted by molar-refractivity contribution is 0.530. The summed E-state index contributed by atoms with van der Waals surface area (Å²) in [6, 6.07) is 11.8. The Kier molecular flexibility index (Phi) is 4.85. The van der Waals surface area contributed by atoms with E-state index in [9.17, 15) is 16.8 Å². The van der Waals surface area contributed by atoms with Crippen LogP contribution in [0.3, 0.4) is 0 Å². The third-order valence-corrected chi connectivity index (χ3v) is 7.33. The predicted octanol–water partition coefficient (Wildman–Crippen LogP) is 2.49. The fourth-order valence-corrected chi connectivity index (χ4v) is 5.79. The summed E-state index contributed by atoms with van der Waals surface area (Å²) in [6.45, 7) is 3.84. The van der Waals surface area contributed by atoms with Crippen molar-refractivity contribution < 1.29 is 16.8 Å². The third-order valence-electron chi connectivity index (χ3n) is 4.53. The molecule has 8 heteroatoms. The lowest BCUT2D eigenvalue weighted by Crippen LogP contribution is -2.40. The van der Waals surface area contributed by atoms with Gasteiger partial charge in [-0.25, -0.2) is 21.6 Å². The average Bonchev–Trinajstić information content (AvgIpc) is 2.56. The van der Waals surface area contributed by atoms with Crippen molar-refractivity contribution in [3.63, 3.8) is 0 Å². The summed E-state index contributed by atoms with van der Waals surface area (Å²) in [5, 5.41) is 0. The summed E-state index contributed by atoms with van der Waals surface area (Å²) in [5.41, 5.74) is 2.72. The predicted molar refractivity (Wildman–Crippen MR) is 102 cm³/mol. The fraction of sp³-hybridized carbons (Fsp3) is 0.333. The van der Waals surface area contributed by atoms with Gasteiger partial charge in [0.15, 0.2) is 0 Å². The Labute approximate surface area is 155 Å². The molecular formula is C18H22N2O4S2. The molecule has 0 amide bonds. The van der Waals surface area contributed by atoms with Crippen LogP contribution in [0.25, 0.3) is 0 Å². The monoisotopic (exact) mass is 394 g/mol. The molecule has 1 N–H and O–H groups in total. The van der Waals surface area contributed by atoms with E-state index in [2.05, 4.69) is 4.72 Å². The molecule has 1 heterocycles. The second kappa shape index (κ2) is 6.68. The Balaban J connectivity index is 1.99. The zero-order valence-electron chi connectivity index (χ0n) is 14.9. The van der Waals surface area contributed by atoms with Crippen molar-refractivity contribution in [2.24, 2.45) is 0 Å². The van der Waals surface area contributed by atoms with E-state index >= 15 is 0 Å². The molecule has 0 saturated heterocycles. The van der Waals surface area contributed by atoms with E-state index < -0.39 is 26.1 Å². The Hall–Kier alpha value is -1.90. The SMILES string of the molecule is Cc1ccc(C)c(S(=O)(=O)NC2CCN(S(C)(=O)=O)c3ccccc32)c1. The van der Waals surface area contributed by atoms with Crippen LogP contribution in [0.15, 0.2) is 47.4 Å². The maximum atomic E-state index is 12.9. The number of hydrogen-bond donors (Lipinski definition) is 1. The summed E-state index contributed by atoms with van der Waals surface area (Å²) in [4.78, 5) is 0.250. The molecule has 0 saturated carbocycles. The summed E-state index contributed by atoms with van der Waals surface area (Å²) >= 11 is 0. The molecule has 26 heavy (non-hydrogen) atoms. The number of sulfonamides is 2. The van der Waals surface area contributed by atoms with Crippen molar-refractivity contribution in [2.45, 2.75) is 31.2 Å². The Morgan fingerprint density at radius 3 is 2.42 bits per heavy atom. The molecule has 6 nitrogen and oxygen atoms in total. The zero-order valence-corrected chi connectivity index (χ0v) is 16.6. The van der Waals surface area contributed by atoms with E-state index in [4.69, 9.17) is 0 Å². The largest absolute Gasteiger partial charge is 0.270 e. The molecule has 0 fully saturated rings. The highest BCUT2D eigenvalue weighted by Crippen LogP contribution is 2.36. The molecule has 1 aliphatic rings. The van der Waals surface area contributed by atoms with Gasteiger partial charge in [-0.15, -0.1) is 0 Å². The standard InChI is InChI=1S/C18H22N2O4S2/c1-13-8-9-14(2)18(12-13)26(23,24)19-16-10-11-20(25(3,21)22)17-7-5-4-6-15(16)17/h4-9,12,16,19H,10-11H2,1-3H3. The van der Waals surface area contributed by atoms with Gasteiger partial charge in [-0.1, -0.05) is 30.3 Å². The highest BCUT2D eigenvalue weighted by molar-refractivity contribution is 7.92. The van der Waals surface area contributed by atoms with Crippen LogP contribution in [0.4, 0.5) is 5.69 Å². The lowest BCUT2D eigenvalue weighted by Gasteiger charge is -2.34. The first-order chi connectivity index (χ1) is 12.1. The van der Waals surface area contributed by atoms with Crippen LogP contribution in [0.2, 0.25) is 0 Å². The second-order valence-corrected chi connectivity index (χ2v) is 10.2. The molecular weight excluding hydrogens is 372 g/mol. The third kappa shape index (κ3) is 3.62. The van der Waals surface area contributed by atoms with Crippen molar-refractivity contribution in [2.75, 3.05) is 17.1 Å². The smallest absolute Gasteiger partial charge is 0.241 e. The summed E-state index contributed by atoms with van der Waals surface area (Å²) in [5.74, 6) is 0. The molecule has 1 aliphatic heterocycles. The minimum absolute atomic E-state index is 0.232. The number of rotatable bonds is 4. The highest BCUT2D eigenvalue weighted by Gasteiger charge is 2.32. The van der Waals surface area contributed by atoms with Crippen molar-refractivity contribution in [1.82, 2.24) is 4.72 Å². The van der Waals surface area contributed by atoms with Gasteiger partial charge in [0.05, 0.1) is 22.9 Å². The number of fused-ring (bicyclic) bond motifs is 1. The molecule has 3 rings (SSSR count). The van der Waals surface area contributed by atoms with Crippen LogP contribution in [0.5, 0.6) is 0 Å². The van der Waals surface area contributed by atoms with E-state index in [-0.39, 0.29) is 11.4 Å². The van der Waals surface area contributed by atoms with Gasteiger partial charge in [-0.05, 0) is 49.1 Å². The van der Waals surface area contributed by atoms with E-state index in [0.717, 1.165) is 11.8 Å². The van der Waals surface area contributed by atoms with Crippen molar-refractivity contribution in [3.05, 3.63) is 59.2 Å². The minimum atomic E-state index is -3.73. The number of hydrogen-bond acceptors (Lipinski definition) is 4. The van der Waals surface area contributed by atoms with Gasteiger partial charge in [0.1, 0.15) is 0 Å². The molecule has 1 unspecified atom stereocenters. The fourth-order valence-electron chi connectivity index (χ4n) is 3.25. The zero-order chi connectivity index (χ0) is 19.1. The van der Waals surface area contributed by atoms with Gasteiger partial charge in [0, 0.05) is 6.54 Å². The maximum absolute atomic E-state index is 12.9. The molecule has 140 valence electrons. The van der Waals surface area contributed by atoms with Crippen LogP contribution in [0, 0.1) is 13.8 Å².